The summed E-state index contributed by atoms with van der Waals surface area (Å²) >= 11 is 0. The van der Waals surface area contributed by atoms with Crippen LogP contribution in [0, 0.1) is 0 Å². The van der Waals surface area contributed by atoms with Crippen LogP contribution in [0.4, 0.5) is 0 Å². The lowest BCUT2D eigenvalue weighted by atomic mass is 10.2. The largest absolute Gasteiger partial charge is 0.298 e. The van der Waals surface area contributed by atoms with E-state index in [1.54, 1.807) is 12.1 Å². The van der Waals surface area contributed by atoms with Crippen molar-refractivity contribution in [3.05, 3.63) is 34.2 Å². The molecule has 50 valence electrons. The fourth-order valence-corrected chi connectivity index (χ4v) is 0.754. The molecular weight excluding hydrogens is 124 g/mol. The summed E-state index contributed by atoms with van der Waals surface area (Å²) in [7, 11) is 0. The Hall–Kier alpha value is -1.37. The second-order valence-corrected chi connectivity index (χ2v) is 2.15. The van der Waals surface area contributed by atoms with Gasteiger partial charge in [0.1, 0.15) is 0 Å². The van der Waals surface area contributed by atoms with E-state index in [1.165, 1.54) is 0 Å². The second-order valence-electron chi connectivity index (χ2n) is 2.15. The molecule has 0 aliphatic heterocycles. The van der Waals surface area contributed by atoms with E-state index in [1.807, 2.05) is 6.07 Å². The van der Waals surface area contributed by atoms with Crippen molar-refractivity contribution in [3.8, 4) is 0 Å². The molecule has 1 nitrogen and oxygen atoms in total. The molecule has 0 aliphatic carbocycles. The standard InChI is InChI=1S/C9H8O/c1-7-3-4-8(2)9(5-7)6-10/h3-6H,1-2H2. The topological polar surface area (TPSA) is 17.1 Å². The summed E-state index contributed by atoms with van der Waals surface area (Å²) in [6, 6.07) is 5.33. The highest BCUT2D eigenvalue weighted by Crippen LogP contribution is 1.77. The highest BCUT2D eigenvalue weighted by molar-refractivity contribution is 5.75. The lowest BCUT2D eigenvalue weighted by Crippen LogP contribution is -2.11. The maximum Gasteiger partial charge on any atom is 0.150 e. The van der Waals surface area contributed by atoms with Gasteiger partial charge in [-0.3, -0.25) is 4.79 Å². The van der Waals surface area contributed by atoms with E-state index >= 15 is 0 Å². The molecule has 0 saturated carbocycles. The molecule has 1 heteroatoms. The molecule has 0 bridgehead atoms. The van der Waals surface area contributed by atoms with E-state index in [0.29, 0.717) is 5.56 Å². The highest BCUT2D eigenvalue weighted by Gasteiger charge is 1.87. The second kappa shape index (κ2) is 2.48. The van der Waals surface area contributed by atoms with Gasteiger partial charge in [-0.05, 0) is 16.5 Å². The molecule has 0 spiro atoms. The van der Waals surface area contributed by atoms with Crippen LogP contribution >= 0.6 is 0 Å². The van der Waals surface area contributed by atoms with Gasteiger partial charge < -0.3 is 0 Å². The zero-order chi connectivity index (χ0) is 7.56. The molecule has 10 heavy (non-hydrogen) atoms. The number of carbonyl (C=O) groups excluding carboxylic acids is 1. The summed E-state index contributed by atoms with van der Waals surface area (Å²) < 4.78 is 0. The molecule has 0 N–H and O–H groups in total. The van der Waals surface area contributed by atoms with Crippen LogP contribution in [-0.2, 0) is 0 Å². The van der Waals surface area contributed by atoms with Crippen molar-refractivity contribution in [1.29, 1.82) is 0 Å². The van der Waals surface area contributed by atoms with Crippen LogP contribution in [0.3, 0.4) is 0 Å². The minimum atomic E-state index is 0.618. The predicted octanol–water partition coefficient (Wildman–Crippen LogP) is 0.320. The monoisotopic (exact) mass is 132 g/mol. The van der Waals surface area contributed by atoms with Gasteiger partial charge in [0.05, 0.1) is 0 Å². The summed E-state index contributed by atoms with van der Waals surface area (Å²) in [6.07, 6.45) is 0.789. The molecule has 0 atom stereocenters. The van der Waals surface area contributed by atoms with Gasteiger partial charge in [-0.2, -0.15) is 0 Å². The molecule has 0 amide bonds. The zero-order valence-electron chi connectivity index (χ0n) is 5.63. The average Bonchev–Trinajstić information content (AvgIpc) is 1.94. The molecule has 0 radical (unpaired) electrons. The normalized spacial score (nSPS) is 9.20. The van der Waals surface area contributed by atoms with Crippen LogP contribution in [0.15, 0.2) is 18.2 Å². The van der Waals surface area contributed by atoms with Crippen LogP contribution in [-0.4, -0.2) is 6.29 Å². The quantitative estimate of drug-likeness (QED) is 0.503. The fraction of sp³-hybridized carbons (Fsp3) is 0. The molecule has 1 aromatic rings. The molecule has 0 unspecified atom stereocenters. The lowest BCUT2D eigenvalue weighted by molar-refractivity contribution is 0.112. The molecular formula is C9H8O. The third kappa shape index (κ3) is 1.13. The van der Waals surface area contributed by atoms with Crippen molar-refractivity contribution in [3.63, 3.8) is 0 Å². The predicted molar refractivity (Wildman–Crippen MR) is 42.1 cm³/mol. The van der Waals surface area contributed by atoms with Crippen LogP contribution in [0.5, 0.6) is 0 Å². The molecule has 0 aromatic heterocycles. The summed E-state index contributed by atoms with van der Waals surface area (Å²) in [5, 5.41) is 1.59. The fourth-order valence-electron chi connectivity index (χ4n) is 0.754. The first kappa shape index (κ1) is 6.75. The Bertz CT molecular complexity index is 338. The van der Waals surface area contributed by atoms with Crippen molar-refractivity contribution >= 4 is 19.4 Å². The first-order chi connectivity index (χ1) is 4.74. The number of aldehydes is 1. The summed E-state index contributed by atoms with van der Waals surface area (Å²) in [5.74, 6) is 0. The van der Waals surface area contributed by atoms with E-state index in [9.17, 15) is 4.79 Å². The van der Waals surface area contributed by atoms with E-state index in [4.69, 9.17) is 0 Å². The Kier molecular flexibility index (Phi) is 1.67. The van der Waals surface area contributed by atoms with E-state index in [-0.39, 0.29) is 0 Å². The third-order valence-corrected chi connectivity index (χ3v) is 1.34. The number of hydrogen-bond donors (Lipinski definition) is 0. The van der Waals surface area contributed by atoms with Crippen molar-refractivity contribution in [2.75, 3.05) is 0 Å². The first-order valence-electron chi connectivity index (χ1n) is 2.97. The molecule has 0 heterocycles. The van der Waals surface area contributed by atoms with Gasteiger partial charge in [-0.15, -0.1) is 0 Å². The van der Waals surface area contributed by atoms with Gasteiger partial charge in [-0.25, -0.2) is 0 Å². The maximum atomic E-state index is 10.3. The van der Waals surface area contributed by atoms with Crippen LogP contribution < -0.4 is 10.4 Å². The van der Waals surface area contributed by atoms with Gasteiger partial charge in [0.2, 0.25) is 0 Å². The van der Waals surface area contributed by atoms with Crippen molar-refractivity contribution < 1.29 is 4.79 Å². The lowest BCUT2D eigenvalue weighted by Gasteiger charge is -1.88. The first-order valence-corrected chi connectivity index (χ1v) is 2.97. The summed E-state index contributed by atoms with van der Waals surface area (Å²) in [5.41, 5.74) is 0.618. The third-order valence-electron chi connectivity index (χ3n) is 1.34. The van der Waals surface area contributed by atoms with Crippen molar-refractivity contribution in [1.82, 2.24) is 0 Å². The van der Waals surface area contributed by atoms with E-state index < -0.39 is 0 Å². The minimum Gasteiger partial charge on any atom is -0.298 e. The molecule has 0 fully saturated rings. The van der Waals surface area contributed by atoms with Crippen LogP contribution in [0.1, 0.15) is 10.4 Å². The molecule has 0 aliphatic rings. The minimum absolute atomic E-state index is 0.618. The maximum absolute atomic E-state index is 10.3. The Balaban J connectivity index is 3.50. The number of rotatable bonds is 1. The van der Waals surface area contributed by atoms with E-state index in [2.05, 4.69) is 13.2 Å². The molecule has 1 rings (SSSR count). The van der Waals surface area contributed by atoms with E-state index in [0.717, 1.165) is 16.7 Å². The van der Waals surface area contributed by atoms with Crippen molar-refractivity contribution in [2.45, 2.75) is 0 Å². The van der Waals surface area contributed by atoms with Crippen LogP contribution in [0.2, 0.25) is 0 Å². The summed E-state index contributed by atoms with van der Waals surface area (Å²) in [6.45, 7) is 7.36. The number of hydrogen-bond acceptors (Lipinski definition) is 1. The highest BCUT2D eigenvalue weighted by atomic mass is 16.1. The SMILES string of the molecule is C=c1ccc(=C)c(C=O)c1. The summed E-state index contributed by atoms with van der Waals surface area (Å²) in [4.78, 5) is 10.3. The van der Waals surface area contributed by atoms with Crippen molar-refractivity contribution in [2.24, 2.45) is 0 Å². The zero-order valence-corrected chi connectivity index (χ0v) is 5.63. The molecule has 0 saturated heterocycles. The van der Waals surface area contributed by atoms with Gasteiger partial charge in [0.25, 0.3) is 0 Å². The van der Waals surface area contributed by atoms with Gasteiger partial charge in [0, 0.05) is 5.56 Å². The average molecular weight is 132 g/mol. The van der Waals surface area contributed by atoms with Crippen LogP contribution in [0.25, 0.3) is 13.2 Å². The Morgan fingerprint density at radius 3 is 2.50 bits per heavy atom. The Labute approximate surface area is 59.3 Å². The number of carbonyl (C=O) groups is 1. The molecule has 1 aromatic carbocycles. The Morgan fingerprint density at radius 2 is 2.00 bits per heavy atom. The van der Waals surface area contributed by atoms with Gasteiger partial charge >= 0.3 is 0 Å². The Morgan fingerprint density at radius 1 is 1.30 bits per heavy atom. The number of benzene rings is 1. The smallest absolute Gasteiger partial charge is 0.150 e. The van der Waals surface area contributed by atoms with Gasteiger partial charge in [-0.1, -0.05) is 25.3 Å². The van der Waals surface area contributed by atoms with Gasteiger partial charge in [0.15, 0.2) is 6.29 Å².